The van der Waals surface area contributed by atoms with Gasteiger partial charge in [0.05, 0.1) is 6.20 Å². The Kier molecular flexibility index (Phi) is 1.49. The van der Waals surface area contributed by atoms with Crippen LogP contribution in [0.5, 0.6) is 0 Å². The van der Waals surface area contributed by atoms with Crippen LogP contribution in [0.25, 0.3) is 0 Å². The zero-order valence-corrected chi connectivity index (χ0v) is 7.35. The molecule has 0 unspecified atom stereocenters. The topological polar surface area (TPSA) is 41.1 Å². The molecule has 2 saturated heterocycles. The molecule has 0 radical (unpaired) electrons. The van der Waals surface area contributed by atoms with E-state index in [0.29, 0.717) is 12.1 Å². The van der Waals surface area contributed by atoms with E-state index in [9.17, 15) is 0 Å². The summed E-state index contributed by atoms with van der Waals surface area (Å²) in [7, 11) is 0. The molecule has 1 aromatic heterocycles. The maximum Gasteiger partial charge on any atom is 0.147 e. The van der Waals surface area contributed by atoms with E-state index in [1.807, 2.05) is 6.20 Å². The van der Waals surface area contributed by atoms with Gasteiger partial charge >= 0.3 is 0 Å². The summed E-state index contributed by atoms with van der Waals surface area (Å²) in [5.74, 6) is 1.02. The van der Waals surface area contributed by atoms with Crippen molar-refractivity contribution < 1.29 is 0 Å². The lowest BCUT2D eigenvalue weighted by Crippen LogP contribution is -2.44. The van der Waals surface area contributed by atoms with Crippen LogP contribution in [0.1, 0.15) is 6.42 Å². The van der Waals surface area contributed by atoms with E-state index >= 15 is 0 Å². The molecule has 0 amide bonds. The molecule has 0 spiro atoms. The molecule has 0 aromatic carbocycles. The van der Waals surface area contributed by atoms with Gasteiger partial charge in [-0.15, -0.1) is 0 Å². The number of fused-ring (bicyclic) bond motifs is 2. The van der Waals surface area contributed by atoms with Gasteiger partial charge in [-0.3, -0.25) is 4.98 Å². The summed E-state index contributed by atoms with van der Waals surface area (Å²) in [4.78, 5) is 10.8. The first kappa shape index (κ1) is 7.26. The van der Waals surface area contributed by atoms with Crippen LogP contribution in [0.15, 0.2) is 18.6 Å². The Morgan fingerprint density at radius 3 is 3.08 bits per heavy atom. The predicted molar refractivity (Wildman–Crippen MR) is 49.6 cm³/mol. The number of aromatic nitrogens is 2. The fourth-order valence-corrected chi connectivity index (χ4v) is 2.28. The molecule has 1 aromatic rings. The Morgan fingerprint density at radius 1 is 1.46 bits per heavy atom. The van der Waals surface area contributed by atoms with Gasteiger partial charge in [0, 0.05) is 37.6 Å². The van der Waals surface area contributed by atoms with E-state index in [-0.39, 0.29) is 0 Å². The molecule has 3 rings (SSSR count). The van der Waals surface area contributed by atoms with Gasteiger partial charge in [-0.1, -0.05) is 0 Å². The van der Waals surface area contributed by atoms with Crippen LogP contribution in [-0.2, 0) is 0 Å². The summed E-state index contributed by atoms with van der Waals surface area (Å²) >= 11 is 0. The third-order valence-corrected chi connectivity index (χ3v) is 2.90. The number of hydrogen-bond acceptors (Lipinski definition) is 4. The van der Waals surface area contributed by atoms with Crippen LogP contribution in [0.2, 0.25) is 0 Å². The molecule has 0 aliphatic carbocycles. The van der Waals surface area contributed by atoms with Crippen LogP contribution in [0, 0.1) is 0 Å². The van der Waals surface area contributed by atoms with Gasteiger partial charge in [0.25, 0.3) is 0 Å². The molecule has 2 aliphatic heterocycles. The van der Waals surface area contributed by atoms with Crippen LogP contribution in [0.3, 0.4) is 0 Å². The molecule has 2 fully saturated rings. The Hall–Kier alpha value is -1.16. The third-order valence-electron chi connectivity index (χ3n) is 2.90. The number of anilines is 1. The molecule has 2 aliphatic rings. The van der Waals surface area contributed by atoms with Crippen molar-refractivity contribution in [2.45, 2.75) is 18.5 Å². The second kappa shape index (κ2) is 2.67. The van der Waals surface area contributed by atoms with Crippen molar-refractivity contribution in [3.05, 3.63) is 18.6 Å². The van der Waals surface area contributed by atoms with Crippen LogP contribution in [-0.4, -0.2) is 35.1 Å². The maximum atomic E-state index is 4.32. The maximum absolute atomic E-state index is 4.32. The molecule has 13 heavy (non-hydrogen) atoms. The average molecular weight is 176 g/mol. The lowest BCUT2D eigenvalue weighted by molar-refractivity contribution is 0.576. The smallest absolute Gasteiger partial charge is 0.147 e. The Labute approximate surface area is 77.0 Å². The zero-order chi connectivity index (χ0) is 8.67. The van der Waals surface area contributed by atoms with Crippen LogP contribution < -0.4 is 10.2 Å². The average Bonchev–Trinajstić information content (AvgIpc) is 2.80. The van der Waals surface area contributed by atoms with E-state index in [2.05, 4.69) is 20.2 Å². The first-order valence-electron chi connectivity index (χ1n) is 4.69. The lowest BCUT2D eigenvalue weighted by Gasteiger charge is -2.27. The minimum atomic E-state index is 0.640. The molecule has 2 bridgehead atoms. The third kappa shape index (κ3) is 1.09. The number of nitrogens with zero attached hydrogens (tertiary/aromatic N) is 3. The van der Waals surface area contributed by atoms with Gasteiger partial charge in [-0.05, 0) is 6.42 Å². The minimum absolute atomic E-state index is 0.640. The number of nitrogens with one attached hydrogen (secondary N) is 1. The summed E-state index contributed by atoms with van der Waals surface area (Å²) in [6.07, 6.45) is 6.59. The summed E-state index contributed by atoms with van der Waals surface area (Å²) in [5, 5.41) is 3.47. The van der Waals surface area contributed by atoms with Gasteiger partial charge in [0.15, 0.2) is 0 Å². The Morgan fingerprint density at radius 2 is 2.46 bits per heavy atom. The highest BCUT2D eigenvalue weighted by atomic mass is 15.3. The van der Waals surface area contributed by atoms with Crippen molar-refractivity contribution in [1.29, 1.82) is 0 Å². The van der Waals surface area contributed by atoms with Crippen molar-refractivity contribution in [3.63, 3.8) is 0 Å². The summed E-state index contributed by atoms with van der Waals surface area (Å²) in [6, 6.07) is 1.31. The van der Waals surface area contributed by atoms with Crippen LogP contribution >= 0.6 is 0 Å². The largest absolute Gasteiger partial charge is 0.349 e. The standard InChI is InChI=1S/C9H12N4/c1-2-11-9(5-10-1)13-6-7-3-8(13)4-12-7/h1-2,5,7-8,12H,3-4,6H2/t7-,8-/m1/s1. The highest BCUT2D eigenvalue weighted by Crippen LogP contribution is 2.26. The van der Waals surface area contributed by atoms with E-state index in [1.54, 1.807) is 12.4 Å². The fraction of sp³-hybridized carbons (Fsp3) is 0.556. The minimum Gasteiger partial charge on any atom is -0.349 e. The Balaban J connectivity index is 1.87. The molecule has 2 atom stereocenters. The summed E-state index contributed by atoms with van der Waals surface area (Å²) in [6.45, 7) is 2.19. The SMILES string of the molecule is c1cnc(N2C[C@H]3C[C@@H]2CN3)cn1. The van der Waals surface area contributed by atoms with E-state index in [1.165, 1.54) is 6.42 Å². The predicted octanol–water partition coefficient (Wildman–Crippen LogP) is 0.0271. The van der Waals surface area contributed by atoms with E-state index < -0.39 is 0 Å². The van der Waals surface area contributed by atoms with Gasteiger partial charge in [-0.2, -0.15) is 0 Å². The van der Waals surface area contributed by atoms with Crippen molar-refractivity contribution in [2.24, 2.45) is 0 Å². The van der Waals surface area contributed by atoms with Crippen molar-refractivity contribution >= 4 is 5.82 Å². The molecule has 4 heteroatoms. The molecule has 68 valence electrons. The molecular formula is C9H12N4. The first-order chi connectivity index (χ1) is 6.43. The van der Waals surface area contributed by atoms with Gasteiger partial charge in [0.2, 0.25) is 0 Å². The summed E-state index contributed by atoms with van der Waals surface area (Å²) in [5.41, 5.74) is 0. The van der Waals surface area contributed by atoms with Gasteiger partial charge in [0.1, 0.15) is 5.82 Å². The monoisotopic (exact) mass is 176 g/mol. The van der Waals surface area contributed by atoms with Crippen molar-refractivity contribution in [1.82, 2.24) is 15.3 Å². The quantitative estimate of drug-likeness (QED) is 0.655. The molecular weight excluding hydrogens is 164 g/mol. The zero-order valence-electron chi connectivity index (χ0n) is 7.35. The van der Waals surface area contributed by atoms with Gasteiger partial charge < -0.3 is 10.2 Å². The molecule has 4 nitrogen and oxygen atoms in total. The number of rotatable bonds is 1. The highest BCUT2D eigenvalue weighted by molar-refractivity contribution is 5.40. The molecule has 1 N–H and O–H groups in total. The second-order valence-corrected chi connectivity index (χ2v) is 3.71. The van der Waals surface area contributed by atoms with E-state index in [4.69, 9.17) is 0 Å². The van der Waals surface area contributed by atoms with E-state index in [0.717, 1.165) is 18.9 Å². The first-order valence-corrected chi connectivity index (χ1v) is 4.69. The Bertz CT molecular complexity index is 300. The fourth-order valence-electron chi connectivity index (χ4n) is 2.28. The van der Waals surface area contributed by atoms with Crippen molar-refractivity contribution in [3.8, 4) is 0 Å². The number of piperazine rings is 1. The second-order valence-electron chi connectivity index (χ2n) is 3.71. The molecule has 3 heterocycles. The normalized spacial score (nSPS) is 31.2. The van der Waals surface area contributed by atoms with Crippen molar-refractivity contribution in [2.75, 3.05) is 18.0 Å². The summed E-state index contributed by atoms with van der Waals surface area (Å²) < 4.78 is 0. The van der Waals surface area contributed by atoms with Crippen LogP contribution in [0.4, 0.5) is 5.82 Å². The molecule has 0 saturated carbocycles. The number of hydrogen-bond donors (Lipinski definition) is 1. The highest BCUT2D eigenvalue weighted by Gasteiger charge is 2.38. The lowest BCUT2D eigenvalue weighted by atomic mass is 10.2. The van der Waals surface area contributed by atoms with Gasteiger partial charge in [-0.25, -0.2) is 4.98 Å².